The van der Waals surface area contributed by atoms with Gasteiger partial charge in [-0.15, -0.1) is 0 Å². The molecule has 0 saturated heterocycles. The van der Waals surface area contributed by atoms with Crippen LogP contribution >= 0.6 is 0 Å². The average Bonchev–Trinajstić information content (AvgIpc) is 3.16. The van der Waals surface area contributed by atoms with Crippen LogP contribution in [0, 0.1) is 34.6 Å². The quantitative estimate of drug-likeness (QED) is 0.427. The number of anilines is 1. The van der Waals surface area contributed by atoms with E-state index in [0.29, 0.717) is 16.9 Å². The molecule has 1 amide bonds. The van der Waals surface area contributed by atoms with Gasteiger partial charge < -0.3 is 5.32 Å². The first-order valence-electron chi connectivity index (χ1n) is 12.6. The zero-order valence-corrected chi connectivity index (χ0v) is 24.5. The van der Waals surface area contributed by atoms with Gasteiger partial charge in [0.15, 0.2) is 0 Å². The maximum atomic E-state index is 13.7. The molecule has 2 aromatic carbocycles. The molecule has 1 heterocycles. The van der Waals surface area contributed by atoms with Crippen LogP contribution in [0.4, 0.5) is 5.82 Å². The lowest BCUT2D eigenvalue weighted by Crippen LogP contribution is -2.43. The fourth-order valence-electron chi connectivity index (χ4n) is 4.55. The van der Waals surface area contributed by atoms with E-state index in [4.69, 9.17) is 5.10 Å². The fourth-order valence-corrected chi connectivity index (χ4v) is 6.55. The highest BCUT2D eigenvalue weighted by atomic mass is 32.2. The van der Waals surface area contributed by atoms with Crippen LogP contribution in [0.3, 0.4) is 0 Å². The van der Waals surface area contributed by atoms with Crippen LogP contribution in [0.25, 0.3) is 5.69 Å². The summed E-state index contributed by atoms with van der Waals surface area (Å²) in [4.78, 5) is 13.6. The molecular formula is C29H40N4O3S. The molecule has 7 nitrogen and oxygen atoms in total. The van der Waals surface area contributed by atoms with Gasteiger partial charge in [0.25, 0.3) is 0 Å². The van der Waals surface area contributed by atoms with Gasteiger partial charge in [-0.05, 0) is 76.8 Å². The van der Waals surface area contributed by atoms with Crippen LogP contribution in [0.5, 0.6) is 0 Å². The lowest BCUT2D eigenvalue weighted by atomic mass is 9.92. The number of hydrogen-bond donors (Lipinski definition) is 1. The minimum Gasteiger partial charge on any atom is -0.309 e. The first-order chi connectivity index (χ1) is 17.0. The van der Waals surface area contributed by atoms with Crippen molar-refractivity contribution < 1.29 is 13.2 Å². The monoisotopic (exact) mass is 524 g/mol. The molecule has 3 rings (SSSR count). The van der Waals surface area contributed by atoms with Crippen molar-refractivity contribution in [3.05, 3.63) is 69.9 Å². The third-order valence-electron chi connectivity index (χ3n) is 6.60. The summed E-state index contributed by atoms with van der Waals surface area (Å²) in [6, 6.07) is 11.1. The summed E-state index contributed by atoms with van der Waals surface area (Å²) in [5.41, 5.74) is 5.96. The molecule has 0 aliphatic rings. The number of rotatable bonds is 7. The van der Waals surface area contributed by atoms with Gasteiger partial charge in [0.1, 0.15) is 5.82 Å². The molecule has 0 bridgehead atoms. The molecule has 0 unspecified atom stereocenters. The number of carbonyl (C=O) groups is 1. The molecule has 0 saturated carbocycles. The molecule has 8 heteroatoms. The number of aromatic nitrogens is 2. The summed E-state index contributed by atoms with van der Waals surface area (Å²) < 4.78 is 30.5. The van der Waals surface area contributed by atoms with Crippen molar-refractivity contribution in [2.45, 2.75) is 85.6 Å². The maximum Gasteiger partial charge on any atom is 0.244 e. The van der Waals surface area contributed by atoms with E-state index in [9.17, 15) is 13.2 Å². The SMILES string of the molecule is Cc1cc(C)c(S(=O)(=O)N(CC(=O)Nc2cc(C(C)(C)C)nn2-c2cccc(C)c2C)C(C)C)c(C)c1. The van der Waals surface area contributed by atoms with Crippen molar-refractivity contribution in [3.63, 3.8) is 0 Å². The highest BCUT2D eigenvalue weighted by Crippen LogP contribution is 2.29. The van der Waals surface area contributed by atoms with Crippen molar-refractivity contribution in [2.75, 3.05) is 11.9 Å². The Morgan fingerprint density at radius 1 is 1.00 bits per heavy atom. The Labute approximate surface area is 221 Å². The molecule has 0 aliphatic heterocycles. The van der Waals surface area contributed by atoms with Crippen molar-refractivity contribution >= 4 is 21.7 Å². The van der Waals surface area contributed by atoms with E-state index in [-0.39, 0.29) is 16.9 Å². The molecule has 1 N–H and O–H groups in total. The Balaban J connectivity index is 2.00. The van der Waals surface area contributed by atoms with E-state index in [1.54, 1.807) is 32.4 Å². The van der Waals surface area contributed by atoms with E-state index in [2.05, 4.69) is 26.1 Å². The van der Waals surface area contributed by atoms with Crippen LogP contribution in [0.2, 0.25) is 0 Å². The second-order valence-corrected chi connectivity index (χ2v) is 13.0. The number of nitrogens with one attached hydrogen (secondary N) is 1. The van der Waals surface area contributed by atoms with E-state index < -0.39 is 22.0 Å². The Bertz CT molecular complexity index is 1410. The van der Waals surface area contributed by atoms with Gasteiger partial charge in [-0.1, -0.05) is 50.6 Å². The number of carbonyl (C=O) groups excluding carboxylic acids is 1. The lowest BCUT2D eigenvalue weighted by Gasteiger charge is -2.27. The van der Waals surface area contributed by atoms with Crippen LogP contribution in [-0.4, -0.2) is 41.0 Å². The Morgan fingerprint density at radius 2 is 1.59 bits per heavy atom. The molecular weight excluding hydrogens is 484 g/mol. The first kappa shape index (κ1) is 28.6. The first-order valence-corrected chi connectivity index (χ1v) is 14.0. The van der Waals surface area contributed by atoms with Crippen molar-refractivity contribution in [1.82, 2.24) is 14.1 Å². The maximum absolute atomic E-state index is 13.7. The summed E-state index contributed by atoms with van der Waals surface area (Å²) in [6.07, 6.45) is 0. The van der Waals surface area contributed by atoms with E-state index in [1.807, 2.05) is 57.2 Å². The van der Waals surface area contributed by atoms with Crippen LogP contribution in [0.15, 0.2) is 41.3 Å². The van der Waals surface area contributed by atoms with Crippen LogP contribution in [0.1, 0.15) is 68.1 Å². The van der Waals surface area contributed by atoms with Gasteiger partial charge in [-0.2, -0.15) is 9.40 Å². The Hall–Kier alpha value is -2.97. The summed E-state index contributed by atoms with van der Waals surface area (Å²) in [7, 11) is -3.91. The predicted octanol–water partition coefficient (Wildman–Crippen LogP) is 5.75. The second-order valence-electron chi connectivity index (χ2n) is 11.2. The van der Waals surface area contributed by atoms with E-state index in [1.165, 1.54) is 4.31 Å². The normalized spacial score (nSPS) is 12.4. The smallest absolute Gasteiger partial charge is 0.244 e. The summed E-state index contributed by atoms with van der Waals surface area (Å²) >= 11 is 0. The van der Waals surface area contributed by atoms with Crippen molar-refractivity contribution in [3.8, 4) is 5.69 Å². The number of nitrogens with zero attached hydrogens (tertiary/aromatic N) is 3. The van der Waals surface area contributed by atoms with Gasteiger partial charge >= 0.3 is 0 Å². The average molecular weight is 525 g/mol. The highest BCUT2D eigenvalue weighted by Gasteiger charge is 2.32. The van der Waals surface area contributed by atoms with Crippen LogP contribution < -0.4 is 5.32 Å². The summed E-state index contributed by atoms with van der Waals surface area (Å²) in [6.45, 7) is 19.0. The fraction of sp³-hybridized carbons (Fsp3) is 0.448. The Morgan fingerprint density at radius 3 is 2.14 bits per heavy atom. The van der Waals surface area contributed by atoms with Gasteiger partial charge in [-0.3, -0.25) is 4.79 Å². The van der Waals surface area contributed by atoms with Gasteiger partial charge in [-0.25, -0.2) is 13.1 Å². The van der Waals surface area contributed by atoms with Gasteiger partial charge in [0, 0.05) is 17.5 Å². The molecule has 37 heavy (non-hydrogen) atoms. The molecule has 0 fully saturated rings. The molecule has 0 atom stereocenters. The number of amides is 1. The largest absolute Gasteiger partial charge is 0.309 e. The standard InChI is InChI=1S/C29H40N4O3S/c1-18(2)32(37(35,36)28-21(5)14-19(3)15-22(28)6)17-27(34)30-26-16-25(29(8,9)10)31-33(26)24-13-11-12-20(4)23(24)7/h11-16,18H,17H2,1-10H3,(H,30,34). The number of benzene rings is 2. The third kappa shape index (κ3) is 5.96. The van der Waals surface area contributed by atoms with E-state index in [0.717, 1.165) is 28.1 Å². The highest BCUT2D eigenvalue weighted by molar-refractivity contribution is 7.89. The van der Waals surface area contributed by atoms with Gasteiger partial charge in [0.2, 0.25) is 15.9 Å². The summed E-state index contributed by atoms with van der Waals surface area (Å²) in [5, 5.41) is 7.77. The molecule has 3 aromatic rings. The molecule has 1 aromatic heterocycles. The van der Waals surface area contributed by atoms with Crippen molar-refractivity contribution in [2.24, 2.45) is 0 Å². The number of hydrogen-bond acceptors (Lipinski definition) is 4. The minimum atomic E-state index is -3.91. The summed E-state index contributed by atoms with van der Waals surface area (Å²) in [5.74, 6) is 0.0824. The molecule has 200 valence electrons. The van der Waals surface area contributed by atoms with Gasteiger partial charge in [0.05, 0.1) is 22.8 Å². The predicted molar refractivity (Wildman–Crippen MR) is 150 cm³/mol. The van der Waals surface area contributed by atoms with Crippen LogP contribution in [-0.2, 0) is 20.2 Å². The number of sulfonamides is 1. The molecule has 0 radical (unpaired) electrons. The third-order valence-corrected chi connectivity index (χ3v) is 8.92. The Kier molecular flexibility index (Phi) is 8.05. The second kappa shape index (κ2) is 10.4. The molecule has 0 aliphatic carbocycles. The lowest BCUT2D eigenvalue weighted by molar-refractivity contribution is -0.116. The minimum absolute atomic E-state index is 0.240. The number of aryl methyl sites for hydroxylation is 4. The van der Waals surface area contributed by atoms with E-state index >= 15 is 0 Å². The zero-order chi connectivity index (χ0) is 27.9. The zero-order valence-electron chi connectivity index (χ0n) is 23.7. The molecule has 0 spiro atoms. The topological polar surface area (TPSA) is 84.3 Å². The van der Waals surface area contributed by atoms with Crippen molar-refractivity contribution in [1.29, 1.82) is 0 Å².